The van der Waals surface area contributed by atoms with E-state index in [0.29, 0.717) is 18.4 Å². The van der Waals surface area contributed by atoms with Crippen LogP contribution in [0, 0.1) is 0 Å². The lowest BCUT2D eigenvalue weighted by Gasteiger charge is -2.16. The Bertz CT molecular complexity index is 446. The number of ether oxygens (including phenoxy) is 2. The molecule has 1 fully saturated rings. The van der Waals surface area contributed by atoms with E-state index in [2.05, 4.69) is 21.2 Å². The van der Waals surface area contributed by atoms with Crippen molar-refractivity contribution in [3.05, 3.63) is 28.7 Å². The molecule has 1 N–H and O–H groups in total. The molecule has 1 saturated heterocycles. The van der Waals surface area contributed by atoms with Crippen LogP contribution in [0.5, 0.6) is 5.75 Å². The van der Waals surface area contributed by atoms with E-state index in [1.807, 2.05) is 24.3 Å². The Morgan fingerprint density at radius 1 is 1.55 bits per heavy atom. The summed E-state index contributed by atoms with van der Waals surface area (Å²) in [5, 5.41) is 2.89. The van der Waals surface area contributed by atoms with Gasteiger partial charge >= 0.3 is 0 Å². The molecule has 1 amide bonds. The molecule has 0 saturated carbocycles. The predicted octanol–water partition coefficient (Wildman–Crippen LogP) is 2.90. The lowest BCUT2D eigenvalue weighted by Crippen LogP contribution is -2.37. The molecule has 1 aliphatic rings. The third kappa shape index (κ3) is 4.49. The van der Waals surface area contributed by atoms with Gasteiger partial charge in [-0.1, -0.05) is 12.1 Å². The van der Waals surface area contributed by atoms with E-state index in [0.717, 1.165) is 30.3 Å². The Morgan fingerprint density at radius 3 is 3.05 bits per heavy atom. The fraction of sp³-hybridized carbons (Fsp3) is 0.533. The first-order chi connectivity index (χ1) is 9.66. The lowest BCUT2D eigenvalue weighted by molar-refractivity contribution is -0.127. The van der Waals surface area contributed by atoms with Crippen LogP contribution >= 0.6 is 15.9 Å². The molecule has 2 atom stereocenters. The Morgan fingerprint density at radius 2 is 2.35 bits per heavy atom. The number of rotatable bonds is 6. The summed E-state index contributed by atoms with van der Waals surface area (Å²) in [6, 6.07) is 7.50. The Hall–Kier alpha value is -1.07. The third-order valence-electron chi connectivity index (χ3n) is 3.30. The topological polar surface area (TPSA) is 47.6 Å². The summed E-state index contributed by atoms with van der Waals surface area (Å²) < 4.78 is 12.0. The number of carbonyl (C=O) groups is 1. The monoisotopic (exact) mass is 341 g/mol. The summed E-state index contributed by atoms with van der Waals surface area (Å²) in [5.41, 5.74) is 0. The summed E-state index contributed by atoms with van der Waals surface area (Å²) in [7, 11) is 0. The highest BCUT2D eigenvalue weighted by Crippen LogP contribution is 2.24. The number of amides is 1. The van der Waals surface area contributed by atoms with Crippen LogP contribution in [0.3, 0.4) is 0 Å². The Kier molecular flexibility index (Phi) is 5.86. The smallest absolute Gasteiger partial charge is 0.260 e. The van der Waals surface area contributed by atoms with Crippen molar-refractivity contribution in [1.29, 1.82) is 0 Å². The minimum Gasteiger partial charge on any atom is -0.480 e. The highest BCUT2D eigenvalue weighted by molar-refractivity contribution is 9.10. The van der Waals surface area contributed by atoms with E-state index in [1.54, 1.807) is 6.92 Å². The zero-order chi connectivity index (χ0) is 14.4. The fourth-order valence-corrected chi connectivity index (χ4v) is 2.53. The molecule has 1 aliphatic heterocycles. The minimum absolute atomic E-state index is 0.0984. The van der Waals surface area contributed by atoms with Crippen LogP contribution in [-0.4, -0.2) is 31.3 Å². The molecule has 110 valence electrons. The maximum absolute atomic E-state index is 11.9. The second kappa shape index (κ2) is 7.64. The first kappa shape index (κ1) is 15.3. The van der Waals surface area contributed by atoms with Crippen LogP contribution in [0.25, 0.3) is 0 Å². The molecule has 20 heavy (non-hydrogen) atoms. The zero-order valence-electron chi connectivity index (χ0n) is 11.6. The van der Waals surface area contributed by atoms with Crippen molar-refractivity contribution in [1.82, 2.24) is 5.32 Å². The zero-order valence-corrected chi connectivity index (χ0v) is 13.2. The summed E-state index contributed by atoms with van der Waals surface area (Å²) in [6.45, 7) is 3.23. The molecule has 1 aromatic carbocycles. The van der Waals surface area contributed by atoms with Crippen molar-refractivity contribution < 1.29 is 14.3 Å². The van der Waals surface area contributed by atoms with Gasteiger partial charge in [-0.25, -0.2) is 0 Å². The maximum Gasteiger partial charge on any atom is 0.260 e. The second-order valence-corrected chi connectivity index (χ2v) is 5.76. The van der Waals surface area contributed by atoms with E-state index >= 15 is 0 Å². The Labute approximate surface area is 128 Å². The lowest BCUT2D eigenvalue weighted by atomic mass is 10.2. The van der Waals surface area contributed by atoms with Gasteiger partial charge in [0.05, 0.1) is 10.6 Å². The van der Waals surface area contributed by atoms with Gasteiger partial charge < -0.3 is 14.8 Å². The van der Waals surface area contributed by atoms with Gasteiger partial charge in [-0.05, 0) is 54.2 Å². The molecule has 2 rings (SSSR count). The van der Waals surface area contributed by atoms with Crippen LogP contribution < -0.4 is 10.1 Å². The number of benzene rings is 1. The van der Waals surface area contributed by atoms with Crippen LogP contribution in [0.4, 0.5) is 0 Å². The predicted molar refractivity (Wildman–Crippen MR) is 80.8 cm³/mol. The van der Waals surface area contributed by atoms with Gasteiger partial charge in [-0.15, -0.1) is 0 Å². The van der Waals surface area contributed by atoms with E-state index in [1.165, 1.54) is 0 Å². The van der Waals surface area contributed by atoms with Crippen LogP contribution in [-0.2, 0) is 9.53 Å². The molecule has 0 spiro atoms. The van der Waals surface area contributed by atoms with E-state index in [-0.39, 0.29) is 5.91 Å². The van der Waals surface area contributed by atoms with Gasteiger partial charge in [0.25, 0.3) is 5.91 Å². The Balaban J connectivity index is 1.73. The van der Waals surface area contributed by atoms with Crippen LogP contribution in [0.2, 0.25) is 0 Å². The molecular formula is C15H20BrNO3. The summed E-state index contributed by atoms with van der Waals surface area (Å²) in [5.74, 6) is 0.577. The molecule has 0 bridgehead atoms. The molecule has 5 heteroatoms. The molecule has 0 radical (unpaired) electrons. The molecule has 1 heterocycles. The first-order valence-electron chi connectivity index (χ1n) is 6.97. The number of carbonyl (C=O) groups excluding carboxylic acids is 1. The van der Waals surface area contributed by atoms with Crippen molar-refractivity contribution in [2.45, 2.75) is 38.4 Å². The van der Waals surface area contributed by atoms with Crippen molar-refractivity contribution in [3.63, 3.8) is 0 Å². The minimum atomic E-state index is -0.516. The normalized spacial score (nSPS) is 19.6. The van der Waals surface area contributed by atoms with Gasteiger partial charge in [-0.3, -0.25) is 4.79 Å². The molecular weight excluding hydrogens is 322 g/mol. The van der Waals surface area contributed by atoms with E-state index in [9.17, 15) is 4.79 Å². The van der Waals surface area contributed by atoms with Crippen LogP contribution in [0.1, 0.15) is 26.2 Å². The molecule has 0 unspecified atom stereocenters. The average Bonchev–Trinajstić information content (AvgIpc) is 2.94. The molecule has 4 nitrogen and oxygen atoms in total. The number of hydrogen-bond donors (Lipinski definition) is 1. The van der Waals surface area contributed by atoms with Crippen molar-refractivity contribution in [3.8, 4) is 5.75 Å². The fourth-order valence-electron chi connectivity index (χ4n) is 2.16. The van der Waals surface area contributed by atoms with Crippen molar-refractivity contribution >= 4 is 21.8 Å². The van der Waals surface area contributed by atoms with E-state index in [4.69, 9.17) is 9.47 Å². The highest BCUT2D eigenvalue weighted by Gasteiger charge is 2.18. The molecule has 1 aromatic rings. The third-order valence-corrected chi connectivity index (χ3v) is 3.95. The number of halogens is 1. The van der Waals surface area contributed by atoms with Crippen molar-refractivity contribution in [2.75, 3.05) is 13.2 Å². The average molecular weight is 342 g/mol. The van der Waals surface area contributed by atoms with Gasteiger partial charge in [0, 0.05) is 13.2 Å². The van der Waals surface area contributed by atoms with Crippen molar-refractivity contribution in [2.24, 2.45) is 0 Å². The largest absolute Gasteiger partial charge is 0.480 e. The van der Waals surface area contributed by atoms with E-state index < -0.39 is 6.10 Å². The standard InChI is InChI=1S/C15H20BrNO3/c1-11(20-14-7-3-2-6-13(14)16)15(18)17-9-8-12-5-4-10-19-12/h2-3,6-7,11-12H,4-5,8-10H2,1H3,(H,17,18)/t11-,12+/m0/s1. The molecule has 0 aliphatic carbocycles. The summed E-state index contributed by atoms with van der Waals surface area (Å²) in [4.78, 5) is 11.9. The number of para-hydroxylation sites is 1. The van der Waals surface area contributed by atoms with Gasteiger partial charge in [0.1, 0.15) is 5.75 Å². The summed E-state index contributed by atoms with van der Waals surface area (Å²) >= 11 is 3.40. The van der Waals surface area contributed by atoms with Gasteiger partial charge in [0.2, 0.25) is 0 Å². The second-order valence-electron chi connectivity index (χ2n) is 4.91. The quantitative estimate of drug-likeness (QED) is 0.865. The van der Waals surface area contributed by atoms with Crippen LogP contribution in [0.15, 0.2) is 28.7 Å². The maximum atomic E-state index is 11.9. The SMILES string of the molecule is C[C@H](Oc1ccccc1Br)C(=O)NCC[C@H]1CCCO1. The van der Waals surface area contributed by atoms with Gasteiger partial charge in [0.15, 0.2) is 6.10 Å². The highest BCUT2D eigenvalue weighted by atomic mass is 79.9. The summed E-state index contributed by atoms with van der Waals surface area (Å²) in [6.07, 6.45) is 2.87. The first-order valence-corrected chi connectivity index (χ1v) is 7.76. The number of hydrogen-bond acceptors (Lipinski definition) is 3. The number of nitrogens with one attached hydrogen (secondary N) is 1. The van der Waals surface area contributed by atoms with Gasteiger partial charge in [-0.2, -0.15) is 0 Å². The molecule has 0 aromatic heterocycles.